The van der Waals surface area contributed by atoms with Gasteiger partial charge in [0.15, 0.2) is 0 Å². The first kappa shape index (κ1) is 12.0. The zero-order valence-corrected chi connectivity index (χ0v) is 10.0. The molecule has 0 spiro atoms. The fourth-order valence-electron chi connectivity index (χ4n) is 2.69. The van der Waals surface area contributed by atoms with Gasteiger partial charge >= 0.3 is 0 Å². The quantitative estimate of drug-likeness (QED) is 0.665. The van der Waals surface area contributed by atoms with Crippen molar-refractivity contribution in [2.75, 3.05) is 0 Å². The zero-order chi connectivity index (χ0) is 10.4. The summed E-state index contributed by atoms with van der Waals surface area (Å²) in [5, 5.41) is 0. The fraction of sp³-hybridized carbons (Fsp3) is 1.00. The van der Waals surface area contributed by atoms with Gasteiger partial charge in [-0.2, -0.15) is 0 Å². The van der Waals surface area contributed by atoms with Gasteiger partial charge in [-0.05, 0) is 25.2 Å². The lowest BCUT2D eigenvalue weighted by Crippen LogP contribution is -2.47. The molecule has 2 N–H and O–H groups in total. The lowest BCUT2D eigenvalue weighted by Gasteiger charge is -2.39. The molecule has 0 radical (unpaired) electrons. The molecule has 2 atom stereocenters. The largest absolute Gasteiger partial charge is 0.325 e. The molecule has 0 aromatic heterocycles. The summed E-state index contributed by atoms with van der Waals surface area (Å²) in [6, 6.07) is 0. The molecule has 0 aromatic carbocycles. The first-order valence-corrected chi connectivity index (χ1v) is 6.48. The molecular weight excluding hydrogens is 170 g/mol. The minimum absolute atomic E-state index is 0.186. The highest BCUT2D eigenvalue weighted by atomic mass is 14.8. The Morgan fingerprint density at radius 2 is 2.00 bits per heavy atom. The van der Waals surface area contributed by atoms with Crippen LogP contribution >= 0.6 is 0 Å². The van der Waals surface area contributed by atoms with Gasteiger partial charge in [-0.3, -0.25) is 0 Å². The van der Waals surface area contributed by atoms with E-state index < -0.39 is 0 Å². The summed E-state index contributed by atoms with van der Waals surface area (Å²) >= 11 is 0. The van der Waals surface area contributed by atoms with E-state index in [0.717, 1.165) is 5.92 Å². The maximum Gasteiger partial charge on any atom is 0.0180 e. The highest BCUT2D eigenvalue weighted by Gasteiger charge is 2.33. The predicted octanol–water partition coefficient (Wildman–Crippen LogP) is 3.86. The number of nitrogens with two attached hydrogens (primary N) is 1. The van der Waals surface area contributed by atoms with E-state index in [2.05, 4.69) is 13.8 Å². The summed E-state index contributed by atoms with van der Waals surface area (Å²) in [5.41, 5.74) is 6.67. The van der Waals surface area contributed by atoms with Crippen molar-refractivity contribution in [2.24, 2.45) is 11.7 Å². The Balaban J connectivity index is 2.25. The van der Waals surface area contributed by atoms with Gasteiger partial charge in [-0.1, -0.05) is 52.4 Å². The molecule has 0 amide bonds. The Morgan fingerprint density at radius 3 is 2.64 bits per heavy atom. The molecule has 1 aliphatic rings. The summed E-state index contributed by atoms with van der Waals surface area (Å²) in [7, 11) is 0. The Labute approximate surface area is 89.5 Å². The van der Waals surface area contributed by atoms with Crippen LogP contribution in [0.1, 0.15) is 71.6 Å². The second kappa shape index (κ2) is 5.75. The van der Waals surface area contributed by atoms with Gasteiger partial charge < -0.3 is 5.73 Å². The minimum Gasteiger partial charge on any atom is -0.325 e. The van der Waals surface area contributed by atoms with E-state index in [1.165, 1.54) is 57.8 Å². The first-order valence-electron chi connectivity index (χ1n) is 6.48. The summed E-state index contributed by atoms with van der Waals surface area (Å²) in [4.78, 5) is 0. The first-order chi connectivity index (χ1) is 6.69. The number of hydrogen-bond donors (Lipinski definition) is 1. The fourth-order valence-corrected chi connectivity index (χ4v) is 2.69. The van der Waals surface area contributed by atoms with E-state index in [-0.39, 0.29) is 5.54 Å². The third kappa shape index (κ3) is 3.27. The van der Waals surface area contributed by atoms with Crippen LogP contribution in [-0.2, 0) is 0 Å². The molecule has 0 aliphatic heterocycles. The van der Waals surface area contributed by atoms with Crippen LogP contribution in [0.15, 0.2) is 0 Å². The van der Waals surface area contributed by atoms with E-state index in [4.69, 9.17) is 5.73 Å². The van der Waals surface area contributed by atoms with E-state index in [9.17, 15) is 0 Å². The number of rotatable bonds is 5. The minimum atomic E-state index is 0.186. The third-order valence-electron chi connectivity index (χ3n) is 4.01. The van der Waals surface area contributed by atoms with Crippen LogP contribution in [-0.4, -0.2) is 5.54 Å². The molecule has 0 heterocycles. The summed E-state index contributed by atoms with van der Waals surface area (Å²) in [6.07, 6.45) is 12.1. The van der Waals surface area contributed by atoms with Crippen LogP contribution in [0.2, 0.25) is 0 Å². The van der Waals surface area contributed by atoms with Gasteiger partial charge in [-0.15, -0.1) is 0 Å². The van der Waals surface area contributed by atoms with Gasteiger partial charge in [-0.25, -0.2) is 0 Å². The average Bonchev–Trinajstić information content (AvgIpc) is 2.18. The second-order valence-corrected chi connectivity index (χ2v) is 5.19. The van der Waals surface area contributed by atoms with Crippen LogP contribution in [0.25, 0.3) is 0 Å². The number of hydrogen-bond acceptors (Lipinski definition) is 1. The predicted molar refractivity (Wildman–Crippen MR) is 63.3 cm³/mol. The van der Waals surface area contributed by atoms with Gasteiger partial charge in [0.2, 0.25) is 0 Å². The van der Waals surface area contributed by atoms with E-state index in [0.29, 0.717) is 0 Å². The van der Waals surface area contributed by atoms with Crippen LogP contribution in [0.3, 0.4) is 0 Å². The van der Waals surface area contributed by atoms with Crippen molar-refractivity contribution in [3.05, 3.63) is 0 Å². The Hall–Kier alpha value is -0.0400. The molecule has 0 bridgehead atoms. The average molecular weight is 197 g/mol. The molecule has 2 unspecified atom stereocenters. The molecule has 84 valence electrons. The van der Waals surface area contributed by atoms with Gasteiger partial charge in [0, 0.05) is 5.54 Å². The van der Waals surface area contributed by atoms with Crippen molar-refractivity contribution in [1.82, 2.24) is 0 Å². The molecule has 0 saturated heterocycles. The van der Waals surface area contributed by atoms with Crippen molar-refractivity contribution in [2.45, 2.75) is 77.2 Å². The molecule has 14 heavy (non-hydrogen) atoms. The van der Waals surface area contributed by atoms with Crippen molar-refractivity contribution in [3.63, 3.8) is 0 Å². The Morgan fingerprint density at radius 1 is 1.21 bits per heavy atom. The molecule has 1 fully saturated rings. The Kier molecular flexibility index (Phi) is 4.94. The molecular formula is C13H27N. The maximum atomic E-state index is 6.48. The molecule has 1 heteroatoms. The summed E-state index contributed by atoms with van der Waals surface area (Å²) < 4.78 is 0. The van der Waals surface area contributed by atoms with E-state index in [1.54, 1.807) is 0 Å². The highest BCUT2D eigenvalue weighted by molar-refractivity contribution is 4.91. The smallest absolute Gasteiger partial charge is 0.0180 e. The molecule has 1 saturated carbocycles. The highest BCUT2D eigenvalue weighted by Crippen LogP contribution is 2.35. The molecule has 1 rings (SSSR count). The SMILES string of the molecule is CCCCCCC1(N)CCCCC1C. The van der Waals surface area contributed by atoms with Crippen LogP contribution in [0.4, 0.5) is 0 Å². The molecule has 0 aromatic rings. The summed E-state index contributed by atoms with van der Waals surface area (Å²) in [6.45, 7) is 4.61. The van der Waals surface area contributed by atoms with Crippen molar-refractivity contribution in [1.29, 1.82) is 0 Å². The number of unbranched alkanes of at least 4 members (excludes halogenated alkanes) is 3. The lowest BCUT2D eigenvalue weighted by atomic mass is 9.72. The lowest BCUT2D eigenvalue weighted by molar-refractivity contribution is 0.187. The van der Waals surface area contributed by atoms with Crippen LogP contribution in [0, 0.1) is 5.92 Å². The third-order valence-corrected chi connectivity index (χ3v) is 4.01. The zero-order valence-electron chi connectivity index (χ0n) is 10.0. The Bertz CT molecular complexity index is 155. The van der Waals surface area contributed by atoms with Crippen LogP contribution in [0.5, 0.6) is 0 Å². The monoisotopic (exact) mass is 197 g/mol. The van der Waals surface area contributed by atoms with Gasteiger partial charge in [0.25, 0.3) is 0 Å². The van der Waals surface area contributed by atoms with Gasteiger partial charge in [0.1, 0.15) is 0 Å². The maximum absolute atomic E-state index is 6.48. The standard InChI is InChI=1S/C13H27N/c1-3-4-5-7-10-13(14)11-8-6-9-12(13)2/h12H,3-11,14H2,1-2H3. The van der Waals surface area contributed by atoms with E-state index in [1.807, 2.05) is 0 Å². The normalized spacial score (nSPS) is 33.2. The topological polar surface area (TPSA) is 26.0 Å². The molecule has 1 aliphatic carbocycles. The van der Waals surface area contributed by atoms with Crippen molar-refractivity contribution < 1.29 is 0 Å². The second-order valence-electron chi connectivity index (χ2n) is 5.19. The molecule has 1 nitrogen and oxygen atoms in total. The van der Waals surface area contributed by atoms with Gasteiger partial charge in [0.05, 0.1) is 0 Å². The van der Waals surface area contributed by atoms with E-state index >= 15 is 0 Å². The summed E-state index contributed by atoms with van der Waals surface area (Å²) in [5.74, 6) is 0.748. The van der Waals surface area contributed by atoms with Crippen LogP contribution < -0.4 is 5.73 Å². The van der Waals surface area contributed by atoms with Crippen molar-refractivity contribution in [3.8, 4) is 0 Å². The van der Waals surface area contributed by atoms with Crippen molar-refractivity contribution >= 4 is 0 Å².